The van der Waals surface area contributed by atoms with Gasteiger partial charge in [0.05, 0.1) is 0 Å². The lowest BCUT2D eigenvalue weighted by Crippen LogP contribution is -2.46. The monoisotopic (exact) mass is 388 g/mol. The molecule has 0 heteroatoms. The normalized spacial score (nSPS) is 35.4. The zero-order chi connectivity index (χ0) is 19.7. The highest BCUT2D eigenvalue weighted by Crippen LogP contribution is 2.63. The number of rotatable bonds is 13. The minimum absolute atomic E-state index is 0.795. The van der Waals surface area contributed by atoms with Gasteiger partial charge in [-0.3, -0.25) is 0 Å². The Morgan fingerprint density at radius 3 is 1.68 bits per heavy atom. The van der Waals surface area contributed by atoms with E-state index in [0.29, 0.717) is 0 Å². The van der Waals surface area contributed by atoms with Gasteiger partial charge in [-0.1, -0.05) is 97.3 Å². The first kappa shape index (κ1) is 22.7. The third-order valence-electron chi connectivity index (χ3n) is 9.70. The second-order valence-corrected chi connectivity index (χ2v) is 11.4. The van der Waals surface area contributed by atoms with Gasteiger partial charge in [0.1, 0.15) is 0 Å². The first-order chi connectivity index (χ1) is 13.7. The van der Waals surface area contributed by atoms with Gasteiger partial charge in [0.25, 0.3) is 0 Å². The maximum absolute atomic E-state index is 2.33. The molecule has 0 atom stereocenters. The van der Waals surface area contributed by atoms with Crippen LogP contribution in [-0.4, -0.2) is 0 Å². The Balaban J connectivity index is 1.34. The van der Waals surface area contributed by atoms with Gasteiger partial charge in [0, 0.05) is 0 Å². The van der Waals surface area contributed by atoms with Crippen molar-refractivity contribution in [2.24, 2.45) is 22.7 Å². The first-order valence-corrected chi connectivity index (χ1v) is 13.7. The zero-order valence-corrected chi connectivity index (χ0v) is 19.7. The van der Waals surface area contributed by atoms with Gasteiger partial charge < -0.3 is 0 Å². The fourth-order valence-corrected chi connectivity index (χ4v) is 7.48. The number of hydrogen-bond acceptors (Lipinski definition) is 0. The van der Waals surface area contributed by atoms with Crippen LogP contribution < -0.4 is 0 Å². The summed E-state index contributed by atoms with van der Waals surface area (Å²) in [6, 6.07) is 0. The summed E-state index contributed by atoms with van der Waals surface area (Å²) >= 11 is 0. The zero-order valence-electron chi connectivity index (χ0n) is 19.7. The smallest absolute Gasteiger partial charge is 0.0269 e. The Hall–Kier alpha value is 0. The highest BCUT2D eigenvalue weighted by atomic mass is 14.6. The predicted octanol–water partition coefficient (Wildman–Crippen LogP) is 9.85. The van der Waals surface area contributed by atoms with E-state index in [2.05, 4.69) is 13.8 Å². The largest absolute Gasteiger partial charge is 0.0654 e. The average molecular weight is 389 g/mol. The van der Waals surface area contributed by atoms with Crippen molar-refractivity contribution in [3.05, 3.63) is 0 Å². The molecule has 0 aromatic rings. The van der Waals surface area contributed by atoms with Crippen LogP contribution in [0.5, 0.6) is 0 Å². The van der Waals surface area contributed by atoms with Gasteiger partial charge in [-0.15, -0.1) is 0 Å². The molecule has 0 spiro atoms. The van der Waals surface area contributed by atoms with E-state index in [-0.39, 0.29) is 0 Å². The van der Waals surface area contributed by atoms with Crippen LogP contribution in [0.1, 0.15) is 155 Å². The summed E-state index contributed by atoms with van der Waals surface area (Å²) < 4.78 is 0. The maximum Gasteiger partial charge on any atom is -0.0269 e. The Bertz CT molecular complexity index is 389. The van der Waals surface area contributed by atoms with Crippen molar-refractivity contribution < 1.29 is 0 Å². The molecule has 0 heterocycles. The van der Waals surface area contributed by atoms with Gasteiger partial charge in [-0.2, -0.15) is 0 Å². The molecule has 164 valence electrons. The number of fused-ring (bicyclic) bond motifs is 3. The molecule has 0 radical (unpaired) electrons. The molecule has 0 nitrogen and oxygen atoms in total. The standard InChI is InChI=1S/C28H52/c1-3-5-7-9-11-13-25-14-16-26(17-15-25)28-22-19-27(20-23-28,21-24-28)18-12-10-8-6-4-2/h25-26H,3-24H2,1-2H3. The molecule has 0 saturated heterocycles. The van der Waals surface area contributed by atoms with Crippen molar-refractivity contribution in [2.45, 2.75) is 155 Å². The molecule has 28 heavy (non-hydrogen) atoms. The van der Waals surface area contributed by atoms with E-state index < -0.39 is 0 Å². The molecule has 4 aliphatic rings. The van der Waals surface area contributed by atoms with E-state index in [4.69, 9.17) is 0 Å². The van der Waals surface area contributed by atoms with Crippen LogP contribution in [-0.2, 0) is 0 Å². The molecular weight excluding hydrogens is 336 g/mol. The molecular formula is C28H52. The van der Waals surface area contributed by atoms with E-state index in [0.717, 1.165) is 22.7 Å². The second kappa shape index (κ2) is 11.4. The molecule has 0 aromatic carbocycles. The van der Waals surface area contributed by atoms with Crippen molar-refractivity contribution in [2.75, 3.05) is 0 Å². The molecule has 0 unspecified atom stereocenters. The third-order valence-corrected chi connectivity index (χ3v) is 9.70. The lowest BCUT2D eigenvalue weighted by Gasteiger charge is -2.58. The van der Waals surface area contributed by atoms with Gasteiger partial charge >= 0.3 is 0 Å². The molecule has 0 aromatic heterocycles. The third kappa shape index (κ3) is 6.01. The highest BCUT2D eigenvalue weighted by molar-refractivity contribution is 5.02. The Morgan fingerprint density at radius 1 is 0.571 bits per heavy atom. The van der Waals surface area contributed by atoms with E-state index in [1.54, 1.807) is 77.0 Å². The summed E-state index contributed by atoms with van der Waals surface area (Å²) in [5, 5.41) is 0. The summed E-state index contributed by atoms with van der Waals surface area (Å²) in [6.45, 7) is 4.66. The molecule has 2 bridgehead atoms. The molecule has 4 fully saturated rings. The summed E-state index contributed by atoms with van der Waals surface area (Å²) in [4.78, 5) is 0. The first-order valence-electron chi connectivity index (χ1n) is 13.7. The minimum atomic E-state index is 0.795. The maximum atomic E-state index is 2.33. The van der Waals surface area contributed by atoms with Crippen molar-refractivity contribution in [3.8, 4) is 0 Å². The van der Waals surface area contributed by atoms with Crippen LogP contribution >= 0.6 is 0 Å². The lowest BCUT2D eigenvalue weighted by molar-refractivity contribution is -0.0655. The van der Waals surface area contributed by atoms with E-state index >= 15 is 0 Å². The van der Waals surface area contributed by atoms with Gasteiger partial charge in [-0.25, -0.2) is 0 Å². The predicted molar refractivity (Wildman–Crippen MR) is 125 cm³/mol. The van der Waals surface area contributed by atoms with Crippen LogP contribution in [0.2, 0.25) is 0 Å². The molecule has 4 aliphatic carbocycles. The Labute approximate surface area is 178 Å². The van der Waals surface area contributed by atoms with Crippen LogP contribution in [0.4, 0.5) is 0 Å². The van der Waals surface area contributed by atoms with Crippen LogP contribution in [0.3, 0.4) is 0 Å². The molecule has 0 amide bonds. The quantitative estimate of drug-likeness (QED) is 0.275. The molecule has 0 N–H and O–H groups in total. The lowest BCUT2D eigenvalue weighted by atomic mass is 9.47. The van der Waals surface area contributed by atoms with Crippen molar-refractivity contribution in [1.82, 2.24) is 0 Å². The van der Waals surface area contributed by atoms with E-state index in [9.17, 15) is 0 Å². The topological polar surface area (TPSA) is 0 Å². The van der Waals surface area contributed by atoms with Crippen LogP contribution in [0.25, 0.3) is 0 Å². The SMILES string of the molecule is CCCCCCCC1CCC(C23CCC(CCCCCCC)(CC2)CC3)CC1. The fraction of sp³-hybridized carbons (Fsp3) is 1.00. The van der Waals surface area contributed by atoms with Crippen molar-refractivity contribution >= 4 is 0 Å². The number of unbranched alkanes of at least 4 members (excludes halogenated alkanes) is 8. The average Bonchev–Trinajstić information content (AvgIpc) is 2.75. The van der Waals surface area contributed by atoms with Gasteiger partial charge in [0.2, 0.25) is 0 Å². The van der Waals surface area contributed by atoms with Crippen molar-refractivity contribution in [3.63, 3.8) is 0 Å². The summed E-state index contributed by atoms with van der Waals surface area (Å²) in [6.07, 6.45) is 33.7. The number of hydrogen-bond donors (Lipinski definition) is 0. The fourth-order valence-electron chi connectivity index (χ4n) is 7.48. The second-order valence-electron chi connectivity index (χ2n) is 11.4. The van der Waals surface area contributed by atoms with Crippen LogP contribution in [0, 0.1) is 22.7 Å². The van der Waals surface area contributed by atoms with E-state index in [1.807, 2.05) is 0 Å². The Morgan fingerprint density at radius 2 is 1.11 bits per heavy atom. The molecule has 0 aliphatic heterocycles. The molecule has 4 saturated carbocycles. The Kier molecular flexibility index (Phi) is 9.24. The molecule has 4 rings (SSSR count). The van der Waals surface area contributed by atoms with Crippen molar-refractivity contribution in [1.29, 1.82) is 0 Å². The van der Waals surface area contributed by atoms with Gasteiger partial charge in [0.15, 0.2) is 0 Å². The minimum Gasteiger partial charge on any atom is -0.0654 e. The van der Waals surface area contributed by atoms with Gasteiger partial charge in [-0.05, 0) is 80.5 Å². The summed E-state index contributed by atoms with van der Waals surface area (Å²) in [5.41, 5.74) is 1.60. The van der Waals surface area contributed by atoms with Crippen LogP contribution in [0.15, 0.2) is 0 Å². The summed E-state index contributed by atoms with van der Waals surface area (Å²) in [7, 11) is 0. The summed E-state index contributed by atoms with van der Waals surface area (Å²) in [5.74, 6) is 2.19. The highest BCUT2D eigenvalue weighted by Gasteiger charge is 2.51. The van der Waals surface area contributed by atoms with E-state index in [1.165, 1.54) is 64.2 Å².